The van der Waals surface area contributed by atoms with Crippen LogP contribution in [0.15, 0.2) is 46.9 Å². The Morgan fingerprint density at radius 1 is 1.16 bits per heavy atom. The summed E-state index contributed by atoms with van der Waals surface area (Å²) in [6.45, 7) is 2.03. The van der Waals surface area contributed by atoms with Crippen LogP contribution in [0.4, 0.5) is 0 Å². The third kappa shape index (κ3) is 2.96. The summed E-state index contributed by atoms with van der Waals surface area (Å²) in [6.07, 6.45) is 0.826. The lowest BCUT2D eigenvalue weighted by Crippen LogP contribution is -2.02. The van der Waals surface area contributed by atoms with E-state index in [1.807, 2.05) is 31.2 Å². The molecule has 0 saturated carbocycles. The molecule has 3 nitrogen and oxygen atoms in total. The molecule has 0 aliphatic heterocycles. The van der Waals surface area contributed by atoms with Crippen molar-refractivity contribution in [1.29, 1.82) is 0 Å². The highest BCUT2D eigenvalue weighted by Gasteiger charge is 2.16. The Hall–Kier alpha value is -1.81. The number of halogens is 1. The van der Waals surface area contributed by atoms with Crippen LogP contribution in [0.25, 0.3) is 0 Å². The van der Waals surface area contributed by atoms with E-state index < -0.39 is 5.97 Å². The van der Waals surface area contributed by atoms with Gasteiger partial charge < -0.3 is 9.84 Å². The van der Waals surface area contributed by atoms with Gasteiger partial charge in [0.15, 0.2) is 0 Å². The lowest BCUT2D eigenvalue weighted by atomic mass is 10.1. The molecule has 2 rings (SSSR count). The molecule has 0 bridgehead atoms. The van der Waals surface area contributed by atoms with E-state index in [9.17, 15) is 9.90 Å². The van der Waals surface area contributed by atoms with Crippen LogP contribution in [0, 0.1) is 0 Å². The number of carboxylic acids is 1. The zero-order valence-corrected chi connectivity index (χ0v) is 12.0. The van der Waals surface area contributed by atoms with E-state index in [2.05, 4.69) is 15.9 Å². The molecular formula is C15H13BrO3. The number of ether oxygens (including phenoxy) is 1. The van der Waals surface area contributed by atoms with Crippen LogP contribution >= 0.6 is 15.9 Å². The van der Waals surface area contributed by atoms with Crippen molar-refractivity contribution in [2.75, 3.05) is 0 Å². The summed E-state index contributed by atoms with van der Waals surface area (Å²) in [7, 11) is 0. The minimum absolute atomic E-state index is 0.133. The van der Waals surface area contributed by atoms with Crippen LogP contribution in [0.1, 0.15) is 22.8 Å². The van der Waals surface area contributed by atoms with Crippen LogP contribution < -0.4 is 4.74 Å². The molecule has 4 heteroatoms. The number of carbonyl (C=O) groups is 1. The van der Waals surface area contributed by atoms with E-state index in [0.717, 1.165) is 12.0 Å². The molecule has 0 heterocycles. The maximum Gasteiger partial charge on any atom is 0.340 e. The Labute approximate surface area is 120 Å². The van der Waals surface area contributed by atoms with Crippen LogP contribution in [0.5, 0.6) is 11.5 Å². The average molecular weight is 321 g/mol. The molecule has 19 heavy (non-hydrogen) atoms. The fourth-order valence-corrected chi connectivity index (χ4v) is 2.33. The topological polar surface area (TPSA) is 46.5 Å². The average Bonchev–Trinajstić information content (AvgIpc) is 2.39. The summed E-state index contributed by atoms with van der Waals surface area (Å²) in [4.78, 5) is 11.3. The fraction of sp³-hybridized carbons (Fsp3) is 0.133. The summed E-state index contributed by atoms with van der Waals surface area (Å²) in [5, 5.41) is 9.24. The van der Waals surface area contributed by atoms with Crippen molar-refractivity contribution < 1.29 is 14.6 Å². The van der Waals surface area contributed by atoms with Gasteiger partial charge in [-0.3, -0.25) is 0 Å². The normalized spacial score (nSPS) is 10.2. The quantitative estimate of drug-likeness (QED) is 0.902. The zero-order valence-electron chi connectivity index (χ0n) is 10.4. The van der Waals surface area contributed by atoms with Crippen molar-refractivity contribution >= 4 is 21.9 Å². The smallest absolute Gasteiger partial charge is 0.340 e. The molecule has 0 spiro atoms. The first-order chi connectivity index (χ1) is 9.13. The van der Waals surface area contributed by atoms with Gasteiger partial charge in [0.1, 0.15) is 17.1 Å². The number of carboxylic acid groups (broad SMARTS) is 1. The van der Waals surface area contributed by atoms with Gasteiger partial charge in [-0.2, -0.15) is 0 Å². The minimum atomic E-state index is -1.02. The lowest BCUT2D eigenvalue weighted by Gasteiger charge is -2.12. The Balaban J connectivity index is 2.44. The van der Waals surface area contributed by atoms with Crippen molar-refractivity contribution in [3.63, 3.8) is 0 Å². The van der Waals surface area contributed by atoms with Crippen molar-refractivity contribution in [1.82, 2.24) is 0 Å². The van der Waals surface area contributed by atoms with E-state index in [1.54, 1.807) is 18.2 Å². The second-order valence-corrected chi connectivity index (χ2v) is 4.84. The van der Waals surface area contributed by atoms with E-state index >= 15 is 0 Å². The second kappa shape index (κ2) is 5.89. The van der Waals surface area contributed by atoms with Gasteiger partial charge >= 0.3 is 5.97 Å². The monoisotopic (exact) mass is 320 g/mol. The maximum atomic E-state index is 11.3. The summed E-state index contributed by atoms with van der Waals surface area (Å²) in [5.74, 6) is 0.00447. The van der Waals surface area contributed by atoms with Gasteiger partial charge in [0, 0.05) is 4.47 Å². The van der Waals surface area contributed by atoms with Crippen molar-refractivity contribution in [2.45, 2.75) is 13.3 Å². The number of aromatic carboxylic acids is 1. The number of hydrogen-bond acceptors (Lipinski definition) is 2. The standard InChI is InChI=1S/C15H13BrO3/c1-2-10-6-3-4-8-12(10)19-13-9-5-7-11(16)14(13)15(17)18/h3-9H,2H2,1H3,(H,17,18). The maximum absolute atomic E-state index is 11.3. The predicted molar refractivity (Wildman–Crippen MR) is 77.0 cm³/mol. The van der Waals surface area contributed by atoms with Crippen molar-refractivity contribution in [3.8, 4) is 11.5 Å². The minimum Gasteiger partial charge on any atom is -0.478 e. The molecule has 0 aliphatic carbocycles. The third-order valence-electron chi connectivity index (χ3n) is 2.76. The molecule has 0 fully saturated rings. The highest BCUT2D eigenvalue weighted by atomic mass is 79.9. The lowest BCUT2D eigenvalue weighted by molar-refractivity contribution is 0.0693. The zero-order chi connectivity index (χ0) is 13.8. The SMILES string of the molecule is CCc1ccccc1Oc1cccc(Br)c1C(=O)O. The van der Waals surface area contributed by atoms with Gasteiger partial charge in [0.25, 0.3) is 0 Å². The summed E-state index contributed by atoms with van der Waals surface area (Å²) in [5.41, 5.74) is 1.17. The third-order valence-corrected chi connectivity index (χ3v) is 3.42. The number of aryl methyl sites for hydroxylation is 1. The van der Waals surface area contributed by atoms with Crippen LogP contribution in [0.3, 0.4) is 0 Å². The van der Waals surface area contributed by atoms with Gasteiger partial charge in [-0.25, -0.2) is 4.79 Å². The van der Waals surface area contributed by atoms with E-state index in [1.165, 1.54) is 0 Å². The first kappa shape index (κ1) is 13.6. The largest absolute Gasteiger partial charge is 0.478 e. The molecule has 0 aliphatic rings. The highest BCUT2D eigenvalue weighted by molar-refractivity contribution is 9.10. The second-order valence-electron chi connectivity index (χ2n) is 3.98. The van der Waals surface area contributed by atoms with Crippen molar-refractivity contribution in [3.05, 3.63) is 58.1 Å². The van der Waals surface area contributed by atoms with Crippen LogP contribution in [-0.4, -0.2) is 11.1 Å². The molecule has 0 aromatic heterocycles. The summed E-state index contributed by atoms with van der Waals surface area (Å²) < 4.78 is 6.27. The number of rotatable bonds is 4. The number of para-hydroxylation sites is 1. The van der Waals surface area contributed by atoms with Gasteiger partial charge in [-0.15, -0.1) is 0 Å². The Morgan fingerprint density at radius 3 is 2.53 bits per heavy atom. The van der Waals surface area contributed by atoms with E-state index in [-0.39, 0.29) is 5.56 Å². The van der Waals surface area contributed by atoms with Crippen LogP contribution in [0.2, 0.25) is 0 Å². The van der Waals surface area contributed by atoms with Gasteiger partial charge in [-0.05, 0) is 46.1 Å². The molecule has 0 radical (unpaired) electrons. The highest BCUT2D eigenvalue weighted by Crippen LogP contribution is 2.32. The number of benzene rings is 2. The number of hydrogen-bond donors (Lipinski definition) is 1. The molecule has 2 aromatic carbocycles. The molecule has 0 atom stereocenters. The Kier molecular flexibility index (Phi) is 4.22. The molecule has 98 valence electrons. The molecule has 0 saturated heterocycles. The van der Waals surface area contributed by atoms with Gasteiger partial charge in [-0.1, -0.05) is 31.2 Å². The summed E-state index contributed by atoms with van der Waals surface area (Å²) in [6, 6.07) is 12.7. The first-order valence-corrected chi connectivity index (χ1v) is 6.70. The first-order valence-electron chi connectivity index (χ1n) is 5.91. The Morgan fingerprint density at radius 2 is 1.84 bits per heavy atom. The van der Waals surface area contributed by atoms with E-state index in [4.69, 9.17) is 4.74 Å². The molecule has 0 unspecified atom stereocenters. The van der Waals surface area contributed by atoms with Crippen molar-refractivity contribution in [2.24, 2.45) is 0 Å². The fourth-order valence-electron chi connectivity index (χ4n) is 1.81. The molecule has 0 amide bonds. The Bertz CT molecular complexity index is 608. The predicted octanol–water partition coefficient (Wildman–Crippen LogP) is 4.50. The van der Waals surface area contributed by atoms with E-state index in [0.29, 0.717) is 16.0 Å². The van der Waals surface area contributed by atoms with Gasteiger partial charge in [0.05, 0.1) is 0 Å². The molecular weight excluding hydrogens is 308 g/mol. The van der Waals surface area contributed by atoms with Crippen LogP contribution in [-0.2, 0) is 6.42 Å². The molecule has 1 N–H and O–H groups in total. The molecule has 2 aromatic rings. The summed E-state index contributed by atoms with van der Waals surface area (Å²) >= 11 is 3.24. The van der Waals surface area contributed by atoms with Gasteiger partial charge in [0.2, 0.25) is 0 Å².